The molecule has 124 valence electrons. The molecule has 0 aliphatic rings. The van der Waals surface area contributed by atoms with Gasteiger partial charge in [-0.05, 0) is 38.0 Å². The summed E-state index contributed by atoms with van der Waals surface area (Å²) in [6.07, 6.45) is 2.90. The fourth-order valence-corrected chi connectivity index (χ4v) is 2.37. The van der Waals surface area contributed by atoms with E-state index < -0.39 is 5.92 Å². The average molecular weight is 300 g/mol. The molecule has 0 aromatic carbocycles. The third-order valence-corrected chi connectivity index (χ3v) is 3.54. The topological polar surface area (TPSA) is 52.6 Å². The van der Waals surface area contributed by atoms with Crippen LogP contribution in [0.1, 0.15) is 67.2 Å². The zero-order chi connectivity index (χ0) is 16.5. The molecule has 1 unspecified atom stereocenters. The molecule has 0 fully saturated rings. The molecular weight excluding hydrogens is 268 g/mol. The Morgan fingerprint density at radius 3 is 2.10 bits per heavy atom. The number of esters is 2. The summed E-state index contributed by atoms with van der Waals surface area (Å²) < 4.78 is 10.1. The minimum Gasteiger partial charge on any atom is -0.466 e. The van der Waals surface area contributed by atoms with E-state index in [2.05, 4.69) is 27.7 Å². The van der Waals surface area contributed by atoms with Crippen molar-refractivity contribution in [2.45, 2.75) is 67.2 Å². The highest BCUT2D eigenvalue weighted by molar-refractivity contribution is 5.80. The van der Waals surface area contributed by atoms with Gasteiger partial charge in [0.25, 0.3) is 0 Å². The zero-order valence-electron chi connectivity index (χ0n) is 14.5. The first kappa shape index (κ1) is 19.9. The van der Waals surface area contributed by atoms with Gasteiger partial charge in [-0.15, -0.1) is 0 Å². The lowest BCUT2D eigenvalue weighted by Gasteiger charge is -2.29. The molecule has 0 heterocycles. The fourth-order valence-electron chi connectivity index (χ4n) is 2.37. The van der Waals surface area contributed by atoms with Crippen LogP contribution < -0.4 is 0 Å². The highest BCUT2D eigenvalue weighted by Gasteiger charge is 2.31. The lowest BCUT2D eigenvalue weighted by atomic mass is 9.77. The van der Waals surface area contributed by atoms with Gasteiger partial charge in [-0.2, -0.15) is 0 Å². The predicted molar refractivity (Wildman–Crippen MR) is 83.8 cm³/mol. The van der Waals surface area contributed by atoms with E-state index in [1.165, 1.54) is 0 Å². The molecule has 0 rings (SSSR count). The van der Waals surface area contributed by atoms with Crippen LogP contribution in [0.15, 0.2) is 0 Å². The Kier molecular flexibility index (Phi) is 9.31. The van der Waals surface area contributed by atoms with Gasteiger partial charge in [0.2, 0.25) is 0 Å². The van der Waals surface area contributed by atoms with Crippen molar-refractivity contribution in [1.29, 1.82) is 0 Å². The minimum absolute atomic E-state index is 0.00813. The maximum Gasteiger partial charge on any atom is 0.309 e. The third kappa shape index (κ3) is 9.48. The quantitative estimate of drug-likeness (QED) is 0.573. The second-order valence-electron chi connectivity index (χ2n) is 6.76. The first-order valence-corrected chi connectivity index (χ1v) is 8.04. The number of hydrogen-bond acceptors (Lipinski definition) is 4. The molecule has 4 nitrogen and oxygen atoms in total. The van der Waals surface area contributed by atoms with E-state index in [-0.39, 0.29) is 23.8 Å². The van der Waals surface area contributed by atoms with Crippen LogP contribution in [0.3, 0.4) is 0 Å². The molecule has 0 aromatic rings. The van der Waals surface area contributed by atoms with Crippen molar-refractivity contribution in [2.75, 3.05) is 13.2 Å². The Bertz CT molecular complexity index is 321. The van der Waals surface area contributed by atoms with Crippen LogP contribution in [-0.4, -0.2) is 25.2 Å². The van der Waals surface area contributed by atoms with Crippen molar-refractivity contribution in [3.05, 3.63) is 0 Å². The molecule has 0 bridgehead atoms. The van der Waals surface area contributed by atoms with Gasteiger partial charge in [0.15, 0.2) is 0 Å². The normalized spacial score (nSPS) is 13.1. The molecular formula is C17H32O4. The van der Waals surface area contributed by atoms with E-state index in [0.29, 0.717) is 25.6 Å². The maximum absolute atomic E-state index is 12.1. The van der Waals surface area contributed by atoms with E-state index in [1.807, 2.05) is 0 Å². The molecule has 0 amide bonds. The lowest BCUT2D eigenvalue weighted by molar-refractivity contribution is -0.155. The molecule has 1 atom stereocenters. The van der Waals surface area contributed by atoms with Gasteiger partial charge in [-0.1, -0.05) is 34.1 Å². The summed E-state index contributed by atoms with van der Waals surface area (Å²) >= 11 is 0. The van der Waals surface area contributed by atoms with Gasteiger partial charge in [0.1, 0.15) is 0 Å². The highest BCUT2D eigenvalue weighted by atomic mass is 16.5. The van der Waals surface area contributed by atoms with Gasteiger partial charge in [-0.25, -0.2) is 0 Å². The molecule has 0 saturated heterocycles. The van der Waals surface area contributed by atoms with E-state index in [0.717, 1.165) is 12.8 Å². The summed E-state index contributed by atoms with van der Waals surface area (Å²) in [5.41, 5.74) is 0.00813. The van der Waals surface area contributed by atoms with Crippen molar-refractivity contribution in [1.82, 2.24) is 0 Å². The standard InChI is InChI=1S/C17H32O4/c1-7-20-15(18)11-14(16(19)21-8-2)12-17(5,6)10-9-13(3)4/h13-14H,7-12H2,1-6H3. The van der Waals surface area contributed by atoms with Crippen LogP contribution in [0.5, 0.6) is 0 Å². The first-order chi connectivity index (χ1) is 9.71. The molecule has 0 saturated carbocycles. The van der Waals surface area contributed by atoms with Crippen molar-refractivity contribution in [3.63, 3.8) is 0 Å². The van der Waals surface area contributed by atoms with Crippen LogP contribution >= 0.6 is 0 Å². The van der Waals surface area contributed by atoms with Gasteiger partial charge in [-0.3, -0.25) is 9.59 Å². The van der Waals surface area contributed by atoms with Gasteiger partial charge in [0.05, 0.1) is 25.6 Å². The van der Waals surface area contributed by atoms with Crippen molar-refractivity contribution in [3.8, 4) is 0 Å². The lowest BCUT2D eigenvalue weighted by Crippen LogP contribution is -2.28. The Morgan fingerprint density at radius 1 is 1.05 bits per heavy atom. The van der Waals surface area contributed by atoms with Crippen LogP contribution in [0.4, 0.5) is 0 Å². The van der Waals surface area contributed by atoms with Gasteiger partial charge < -0.3 is 9.47 Å². The number of carbonyl (C=O) groups is 2. The Balaban J connectivity index is 4.71. The largest absolute Gasteiger partial charge is 0.466 e. The van der Waals surface area contributed by atoms with Crippen molar-refractivity contribution in [2.24, 2.45) is 17.3 Å². The molecule has 0 aromatic heterocycles. The summed E-state index contributed by atoms with van der Waals surface area (Å²) in [4.78, 5) is 23.8. The molecule has 0 aliphatic heterocycles. The highest BCUT2D eigenvalue weighted by Crippen LogP contribution is 2.34. The maximum atomic E-state index is 12.1. The van der Waals surface area contributed by atoms with E-state index in [9.17, 15) is 9.59 Å². The van der Waals surface area contributed by atoms with E-state index >= 15 is 0 Å². The molecule has 0 N–H and O–H groups in total. The number of ether oxygens (including phenoxy) is 2. The molecule has 0 spiro atoms. The van der Waals surface area contributed by atoms with Crippen molar-refractivity contribution >= 4 is 11.9 Å². The van der Waals surface area contributed by atoms with E-state index in [4.69, 9.17) is 9.47 Å². The summed E-state index contributed by atoms with van der Waals surface area (Å²) in [5, 5.41) is 0. The van der Waals surface area contributed by atoms with Crippen LogP contribution in [-0.2, 0) is 19.1 Å². The monoisotopic (exact) mass is 300 g/mol. The summed E-state index contributed by atoms with van der Waals surface area (Å²) in [6.45, 7) is 12.9. The molecule has 0 aliphatic carbocycles. The first-order valence-electron chi connectivity index (χ1n) is 8.04. The predicted octanol–water partition coefficient (Wildman–Crippen LogP) is 3.97. The zero-order valence-corrected chi connectivity index (χ0v) is 14.5. The van der Waals surface area contributed by atoms with E-state index in [1.54, 1.807) is 13.8 Å². The van der Waals surface area contributed by atoms with Crippen molar-refractivity contribution < 1.29 is 19.1 Å². The smallest absolute Gasteiger partial charge is 0.309 e. The molecule has 21 heavy (non-hydrogen) atoms. The second kappa shape index (κ2) is 9.80. The van der Waals surface area contributed by atoms with Gasteiger partial charge in [0, 0.05) is 0 Å². The van der Waals surface area contributed by atoms with Crippen LogP contribution in [0, 0.1) is 17.3 Å². The minimum atomic E-state index is -0.411. The number of carbonyl (C=O) groups excluding carboxylic acids is 2. The van der Waals surface area contributed by atoms with Crippen LogP contribution in [0.25, 0.3) is 0 Å². The SMILES string of the molecule is CCOC(=O)CC(CC(C)(C)CCC(C)C)C(=O)OCC. The number of hydrogen-bond donors (Lipinski definition) is 0. The molecule has 0 radical (unpaired) electrons. The Hall–Kier alpha value is -1.06. The molecule has 4 heteroatoms. The summed E-state index contributed by atoms with van der Waals surface area (Å²) in [7, 11) is 0. The summed E-state index contributed by atoms with van der Waals surface area (Å²) in [5.74, 6) is -0.389. The van der Waals surface area contributed by atoms with Gasteiger partial charge >= 0.3 is 11.9 Å². The average Bonchev–Trinajstić information content (AvgIpc) is 2.36. The number of rotatable bonds is 10. The summed E-state index contributed by atoms with van der Waals surface area (Å²) in [6, 6.07) is 0. The Labute approximate surface area is 129 Å². The Morgan fingerprint density at radius 2 is 1.62 bits per heavy atom. The van der Waals surface area contributed by atoms with Crippen LogP contribution in [0.2, 0.25) is 0 Å². The third-order valence-electron chi connectivity index (χ3n) is 3.54. The second-order valence-corrected chi connectivity index (χ2v) is 6.76. The fraction of sp³-hybridized carbons (Fsp3) is 0.882.